The van der Waals surface area contributed by atoms with Gasteiger partial charge in [-0.2, -0.15) is 0 Å². The highest BCUT2D eigenvalue weighted by atomic mass is 32.1. The molecule has 2 unspecified atom stereocenters. The summed E-state index contributed by atoms with van der Waals surface area (Å²) in [5, 5.41) is 3.34. The second-order valence-electron chi connectivity index (χ2n) is 4.35. The number of aromatic amines is 2. The standard InChI is InChI=1S/C12H15N3O2S/c1-16-11-5-4-10(17-11)13-7-2-3-8-9(6-7)15-12(18)14-8/h2-3,6,10-11,13H,4-5H2,1H3,(H2,14,15,18). The van der Waals surface area contributed by atoms with E-state index in [2.05, 4.69) is 15.3 Å². The Morgan fingerprint density at radius 2 is 2.17 bits per heavy atom. The zero-order chi connectivity index (χ0) is 12.5. The zero-order valence-corrected chi connectivity index (χ0v) is 10.8. The van der Waals surface area contributed by atoms with Gasteiger partial charge in [0, 0.05) is 19.2 Å². The van der Waals surface area contributed by atoms with Crippen molar-refractivity contribution in [3.8, 4) is 0 Å². The maximum atomic E-state index is 5.66. The van der Waals surface area contributed by atoms with E-state index in [1.807, 2.05) is 18.2 Å². The van der Waals surface area contributed by atoms with E-state index in [1.165, 1.54) is 0 Å². The van der Waals surface area contributed by atoms with Gasteiger partial charge in [-0.3, -0.25) is 0 Å². The van der Waals surface area contributed by atoms with Crippen molar-refractivity contribution in [2.75, 3.05) is 12.4 Å². The van der Waals surface area contributed by atoms with Crippen LogP contribution >= 0.6 is 12.2 Å². The third-order valence-corrected chi connectivity index (χ3v) is 3.29. The van der Waals surface area contributed by atoms with Gasteiger partial charge in [0.15, 0.2) is 11.1 Å². The third-order valence-electron chi connectivity index (χ3n) is 3.09. The van der Waals surface area contributed by atoms with Crippen LogP contribution in [-0.2, 0) is 9.47 Å². The summed E-state index contributed by atoms with van der Waals surface area (Å²) in [6.07, 6.45) is 1.78. The van der Waals surface area contributed by atoms with Crippen LogP contribution in [0.3, 0.4) is 0 Å². The smallest absolute Gasteiger partial charge is 0.175 e. The Morgan fingerprint density at radius 1 is 1.33 bits per heavy atom. The van der Waals surface area contributed by atoms with Crippen LogP contribution in [0.25, 0.3) is 11.0 Å². The van der Waals surface area contributed by atoms with E-state index in [-0.39, 0.29) is 12.5 Å². The van der Waals surface area contributed by atoms with Crippen LogP contribution in [0.4, 0.5) is 5.69 Å². The number of nitrogens with one attached hydrogen (secondary N) is 3. The van der Waals surface area contributed by atoms with Crippen LogP contribution in [0.5, 0.6) is 0 Å². The molecule has 1 aromatic carbocycles. The van der Waals surface area contributed by atoms with E-state index in [9.17, 15) is 0 Å². The second-order valence-corrected chi connectivity index (χ2v) is 4.76. The topological polar surface area (TPSA) is 62.1 Å². The van der Waals surface area contributed by atoms with Crippen LogP contribution in [0.2, 0.25) is 0 Å². The van der Waals surface area contributed by atoms with Gasteiger partial charge in [0.25, 0.3) is 0 Å². The molecule has 3 rings (SSSR count). The van der Waals surface area contributed by atoms with Gasteiger partial charge in [-0.05, 0) is 36.8 Å². The monoisotopic (exact) mass is 265 g/mol. The lowest BCUT2D eigenvalue weighted by Gasteiger charge is -2.15. The molecule has 5 nitrogen and oxygen atoms in total. The Bertz CT molecular complexity index is 607. The minimum absolute atomic E-state index is 0.00862. The first-order valence-corrected chi connectivity index (χ1v) is 6.32. The number of hydrogen-bond donors (Lipinski definition) is 3. The molecule has 6 heteroatoms. The van der Waals surface area contributed by atoms with Gasteiger partial charge < -0.3 is 24.8 Å². The minimum atomic E-state index is -0.0932. The fourth-order valence-corrected chi connectivity index (χ4v) is 2.41. The molecule has 1 fully saturated rings. The fourth-order valence-electron chi connectivity index (χ4n) is 2.19. The molecule has 2 aromatic rings. The predicted octanol–water partition coefficient (Wildman–Crippen LogP) is 2.75. The average Bonchev–Trinajstić information content (AvgIpc) is 2.94. The first-order chi connectivity index (χ1) is 8.74. The molecule has 96 valence electrons. The van der Waals surface area contributed by atoms with Crippen LogP contribution in [0.15, 0.2) is 18.2 Å². The lowest BCUT2D eigenvalue weighted by molar-refractivity contribution is -0.108. The molecule has 1 aromatic heterocycles. The number of methoxy groups -OCH3 is 1. The molecule has 1 aliphatic heterocycles. The molecule has 0 aliphatic carbocycles. The summed E-state index contributed by atoms with van der Waals surface area (Å²) in [6.45, 7) is 0. The van der Waals surface area contributed by atoms with Crippen molar-refractivity contribution >= 4 is 28.9 Å². The quantitative estimate of drug-likeness (QED) is 0.747. The number of H-pyrrole nitrogens is 2. The summed E-state index contributed by atoms with van der Waals surface area (Å²) in [5.74, 6) is 0. The molecule has 1 aliphatic rings. The molecule has 0 radical (unpaired) electrons. The first-order valence-electron chi connectivity index (χ1n) is 5.91. The maximum absolute atomic E-state index is 5.66. The van der Waals surface area contributed by atoms with Gasteiger partial charge in [0.2, 0.25) is 0 Å². The summed E-state index contributed by atoms with van der Waals surface area (Å²) >= 11 is 5.06. The summed E-state index contributed by atoms with van der Waals surface area (Å²) in [7, 11) is 1.67. The summed E-state index contributed by atoms with van der Waals surface area (Å²) < 4.78 is 11.5. The van der Waals surface area contributed by atoms with Crippen molar-refractivity contribution in [3.63, 3.8) is 0 Å². The molecule has 0 spiro atoms. The summed E-state index contributed by atoms with van der Waals surface area (Å²) in [4.78, 5) is 6.17. The van der Waals surface area contributed by atoms with E-state index >= 15 is 0 Å². The molecule has 0 bridgehead atoms. The molecule has 2 heterocycles. The largest absolute Gasteiger partial charge is 0.360 e. The molecule has 0 amide bonds. The second kappa shape index (κ2) is 4.72. The molecule has 1 saturated heterocycles. The molecule has 0 saturated carbocycles. The number of ether oxygens (including phenoxy) is 2. The number of imidazole rings is 1. The van der Waals surface area contributed by atoms with Crippen LogP contribution in [0.1, 0.15) is 12.8 Å². The third kappa shape index (κ3) is 2.27. The first kappa shape index (κ1) is 11.7. The lowest BCUT2D eigenvalue weighted by atomic mass is 10.2. The lowest BCUT2D eigenvalue weighted by Crippen LogP contribution is -2.20. The van der Waals surface area contributed by atoms with E-state index in [0.29, 0.717) is 4.77 Å². The number of anilines is 1. The highest BCUT2D eigenvalue weighted by Gasteiger charge is 2.24. The molecule has 3 N–H and O–H groups in total. The minimum Gasteiger partial charge on any atom is -0.360 e. The molecular formula is C12H15N3O2S. The van der Waals surface area contributed by atoms with E-state index in [1.54, 1.807) is 7.11 Å². The van der Waals surface area contributed by atoms with Gasteiger partial charge in [-0.25, -0.2) is 0 Å². The van der Waals surface area contributed by atoms with Crippen LogP contribution < -0.4 is 5.32 Å². The summed E-state index contributed by atoms with van der Waals surface area (Å²) in [5.41, 5.74) is 3.01. The van der Waals surface area contributed by atoms with Gasteiger partial charge in [-0.1, -0.05) is 0 Å². The number of fused-ring (bicyclic) bond motifs is 1. The Morgan fingerprint density at radius 3 is 2.94 bits per heavy atom. The van der Waals surface area contributed by atoms with Gasteiger partial charge in [0.1, 0.15) is 6.23 Å². The van der Waals surface area contributed by atoms with Crippen LogP contribution in [0, 0.1) is 4.77 Å². The molecular weight excluding hydrogens is 250 g/mol. The van der Waals surface area contributed by atoms with E-state index in [4.69, 9.17) is 21.7 Å². The van der Waals surface area contributed by atoms with Crippen molar-refractivity contribution in [2.45, 2.75) is 25.4 Å². The number of hydrogen-bond acceptors (Lipinski definition) is 4. The number of rotatable bonds is 3. The summed E-state index contributed by atoms with van der Waals surface area (Å²) in [6, 6.07) is 6.02. The zero-order valence-electron chi connectivity index (χ0n) is 10.0. The molecule has 18 heavy (non-hydrogen) atoms. The Balaban J connectivity index is 1.76. The Hall–Kier alpha value is -1.37. The Labute approximate surface area is 109 Å². The fraction of sp³-hybridized carbons (Fsp3) is 0.417. The number of benzene rings is 1. The highest BCUT2D eigenvalue weighted by molar-refractivity contribution is 7.71. The average molecular weight is 265 g/mol. The van der Waals surface area contributed by atoms with Crippen molar-refractivity contribution < 1.29 is 9.47 Å². The van der Waals surface area contributed by atoms with Crippen molar-refractivity contribution in [3.05, 3.63) is 23.0 Å². The van der Waals surface area contributed by atoms with Gasteiger partial charge in [-0.15, -0.1) is 0 Å². The predicted molar refractivity (Wildman–Crippen MR) is 72.0 cm³/mol. The normalized spacial score (nSPS) is 23.6. The van der Waals surface area contributed by atoms with Crippen LogP contribution in [-0.4, -0.2) is 29.6 Å². The molecule has 2 atom stereocenters. The maximum Gasteiger partial charge on any atom is 0.175 e. The van der Waals surface area contributed by atoms with E-state index in [0.717, 1.165) is 29.6 Å². The SMILES string of the molecule is COC1CCC(Nc2ccc3[nH]c(=S)[nH]c3c2)O1. The van der Waals surface area contributed by atoms with Crippen molar-refractivity contribution in [1.82, 2.24) is 9.97 Å². The highest BCUT2D eigenvalue weighted by Crippen LogP contribution is 2.23. The van der Waals surface area contributed by atoms with Crippen molar-refractivity contribution in [1.29, 1.82) is 0 Å². The van der Waals surface area contributed by atoms with E-state index < -0.39 is 0 Å². The van der Waals surface area contributed by atoms with Crippen molar-refractivity contribution in [2.24, 2.45) is 0 Å². The number of aromatic nitrogens is 2. The van der Waals surface area contributed by atoms with Gasteiger partial charge in [0.05, 0.1) is 11.0 Å². The van der Waals surface area contributed by atoms with Gasteiger partial charge >= 0.3 is 0 Å². The Kier molecular flexibility index (Phi) is 3.07.